The van der Waals surface area contributed by atoms with Crippen molar-refractivity contribution in [2.45, 2.75) is 39.5 Å². The summed E-state index contributed by atoms with van der Waals surface area (Å²) in [5.41, 5.74) is 3.01. The maximum atomic E-state index is 12.7. The molecule has 0 saturated carbocycles. The molecule has 6 heteroatoms. The summed E-state index contributed by atoms with van der Waals surface area (Å²) in [6.07, 6.45) is 0. The number of nitro groups is 1. The molecule has 25 heavy (non-hydrogen) atoms. The standard InChI is InChI=1S/C19H21BrN2O3/c1-11(2)14-6-5-7-15(12(3)4)18(14)21-19(23)13-8-9-16(20)17(10-13)22(24)25/h5-12H,1-4H3,(H,21,23). The van der Waals surface area contributed by atoms with Crippen LogP contribution in [-0.4, -0.2) is 10.8 Å². The van der Waals surface area contributed by atoms with Crippen LogP contribution in [0.25, 0.3) is 0 Å². The third-order valence-electron chi connectivity index (χ3n) is 4.02. The molecular weight excluding hydrogens is 384 g/mol. The molecule has 0 spiro atoms. The average molecular weight is 405 g/mol. The number of hydrogen-bond donors (Lipinski definition) is 1. The van der Waals surface area contributed by atoms with E-state index in [1.165, 1.54) is 12.1 Å². The molecule has 0 aliphatic carbocycles. The number of benzene rings is 2. The SMILES string of the molecule is CC(C)c1cccc(C(C)C)c1NC(=O)c1ccc(Br)c([N+](=O)[O-])c1. The van der Waals surface area contributed by atoms with Crippen LogP contribution in [0.5, 0.6) is 0 Å². The van der Waals surface area contributed by atoms with Crippen LogP contribution in [0.3, 0.4) is 0 Å². The van der Waals surface area contributed by atoms with E-state index in [1.54, 1.807) is 6.07 Å². The van der Waals surface area contributed by atoms with Crippen molar-refractivity contribution in [3.63, 3.8) is 0 Å². The van der Waals surface area contributed by atoms with Gasteiger partial charge in [0, 0.05) is 17.3 Å². The fourth-order valence-electron chi connectivity index (χ4n) is 2.67. The summed E-state index contributed by atoms with van der Waals surface area (Å²) in [4.78, 5) is 23.3. The summed E-state index contributed by atoms with van der Waals surface area (Å²) in [5, 5.41) is 14.1. The summed E-state index contributed by atoms with van der Waals surface area (Å²) in [7, 11) is 0. The number of nitro benzene ring substituents is 1. The fraction of sp³-hybridized carbons (Fsp3) is 0.316. The zero-order valence-electron chi connectivity index (χ0n) is 14.7. The van der Waals surface area contributed by atoms with Gasteiger partial charge in [-0.05, 0) is 51.0 Å². The fourth-order valence-corrected chi connectivity index (χ4v) is 3.07. The molecule has 2 aromatic carbocycles. The number of carbonyl (C=O) groups is 1. The maximum Gasteiger partial charge on any atom is 0.284 e. The second-order valence-corrected chi connectivity index (χ2v) is 7.35. The summed E-state index contributed by atoms with van der Waals surface area (Å²) in [5.74, 6) is 0.132. The summed E-state index contributed by atoms with van der Waals surface area (Å²) in [6.45, 7) is 8.28. The van der Waals surface area contributed by atoms with Crippen molar-refractivity contribution in [3.05, 3.63) is 67.7 Å². The molecule has 1 amide bonds. The van der Waals surface area contributed by atoms with Gasteiger partial charge in [0.05, 0.1) is 9.40 Å². The highest BCUT2D eigenvalue weighted by Gasteiger charge is 2.19. The molecule has 0 aliphatic heterocycles. The molecule has 0 saturated heterocycles. The van der Waals surface area contributed by atoms with E-state index >= 15 is 0 Å². The van der Waals surface area contributed by atoms with Crippen LogP contribution < -0.4 is 5.32 Å². The van der Waals surface area contributed by atoms with E-state index in [0.717, 1.165) is 16.8 Å². The van der Waals surface area contributed by atoms with Gasteiger partial charge in [-0.2, -0.15) is 0 Å². The molecule has 0 unspecified atom stereocenters. The number of nitrogens with zero attached hydrogens (tertiary/aromatic N) is 1. The van der Waals surface area contributed by atoms with Gasteiger partial charge in [0.15, 0.2) is 0 Å². The van der Waals surface area contributed by atoms with Gasteiger partial charge in [-0.3, -0.25) is 14.9 Å². The van der Waals surface area contributed by atoms with E-state index in [2.05, 4.69) is 48.9 Å². The highest BCUT2D eigenvalue weighted by Crippen LogP contribution is 2.33. The van der Waals surface area contributed by atoms with E-state index in [-0.39, 0.29) is 29.0 Å². The number of hydrogen-bond acceptors (Lipinski definition) is 3. The van der Waals surface area contributed by atoms with Crippen molar-refractivity contribution >= 4 is 33.2 Å². The molecule has 0 heterocycles. The predicted molar refractivity (Wildman–Crippen MR) is 103 cm³/mol. The van der Waals surface area contributed by atoms with Crippen LogP contribution >= 0.6 is 15.9 Å². The smallest absolute Gasteiger partial charge is 0.284 e. The minimum atomic E-state index is -0.511. The van der Waals surface area contributed by atoms with Gasteiger partial charge in [0.2, 0.25) is 0 Å². The molecule has 0 radical (unpaired) electrons. The Bertz CT molecular complexity index is 790. The van der Waals surface area contributed by atoms with Gasteiger partial charge >= 0.3 is 0 Å². The lowest BCUT2D eigenvalue weighted by Gasteiger charge is -2.20. The maximum absolute atomic E-state index is 12.7. The van der Waals surface area contributed by atoms with Crippen molar-refractivity contribution in [2.24, 2.45) is 0 Å². The molecule has 5 nitrogen and oxygen atoms in total. The molecule has 0 aliphatic rings. The zero-order chi connectivity index (χ0) is 18.7. The number of nitrogens with one attached hydrogen (secondary N) is 1. The summed E-state index contributed by atoms with van der Waals surface area (Å²) in [6, 6.07) is 10.4. The van der Waals surface area contributed by atoms with Gasteiger partial charge in [0.25, 0.3) is 11.6 Å². The lowest BCUT2D eigenvalue weighted by molar-refractivity contribution is -0.385. The third kappa shape index (κ3) is 4.25. The molecular formula is C19H21BrN2O3. The largest absolute Gasteiger partial charge is 0.321 e. The lowest BCUT2D eigenvalue weighted by atomic mass is 9.92. The minimum Gasteiger partial charge on any atom is -0.321 e. The zero-order valence-corrected chi connectivity index (χ0v) is 16.3. The van der Waals surface area contributed by atoms with Crippen LogP contribution in [0, 0.1) is 10.1 Å². The number of rotatable bonds is 5. The normalized spacial score (nSPS) is 11.0. The first-order valence-corrected chi connectivity index (χ1v) is 8.89. The van der Waals surface area contributed by atoms with Crippen LogP contribution in [0.4, 0.5) is 11.4 Å². The number of amides is 1. The van der Waals surface area contributed by atoms with Crippen LogP contribution in [-0.2, 0) is 0 Å². The van der Waals surface area contributed by atoms with E-state index in [4.69, 9.17) is 0 Å². The molecule has 2 aromatic rings. The Kier molecular flexibility index (Phi) is 5.95. The monoisotopic (exact) mass is 404 g/mol. The van der Waals surface area contributed by atoms with E-state index in [0.29, 0.717) is 4.47 Å². The topological polar surface area (TPSA) is 72.2 Å². The minimum absolute atomic E-state index is 0.131. The Morgan fingerprint density at radius 1 is 1.08 bits per heavy atom. The van der Waals surface area contributed by atoms with Gasteiger partial charge in [-0.25, -0.2) is 0 Å². The number of carbonyl (C=O) groups excluding carboxylic acids is 1. The van der Waals surface area contributed by atoms with E-state index in [9.17, 15) is 14.9 Å². The van der Waals surface area contributed by atoms with Gasteiger partial charge in [-0.15, -0.1) is 0 Å². The molecule has 132 valence electrons. The van der Waals surface area contributed by atoms with Crippen molar-refractivity contribution in [2.75, 3.05) is 5.32 Å². The number of para-hydroxylation sites is 1. The first-order valence-electron chi connectivity index (χ1n) is 8.10. The number of halogens is 1. The van der Waals surface area contributed by atoms with Crippen molar-refractivity contribution in [1.29, 1.82) is 0 Å². The van der Waals surface area contributed by atoms with E-state index in [1.807, 2.05) is 18.2 Å². The van der Waals surface area contributed by atoms with Crippen molar-refractivity contribution in [3.8, 4) is 0 Å². The molecule has 1 N–H and O–H groups in total. The third-order valence-corrected chi connectivity index (χ3v) is 4.69. The Morgan fingerprint density at radius 3 is 2.12 bits per heavy atom. The quantitative estimate of drug-likeness (QED) is 0.501. The second-order valence-electron chi connectivity index (χ2n) is 6.50. The van der Waals surface area contributed by atoms with Crippen molar-refractivity contribution in [1.82, 2.24) is 0 Å². The Labute approximate surface area is 155 Å². The van der Waals surface area contributed by atoms with Gasteiger partial charge in [-0.1, -0.05) is 45.9 Å². The highest BCUT2D eigenvalue weighted by molar-refractivity contribution is 9.10. The van der Waals surface area contributed by atoms with Gasteiger partial charge in [0.1, 0.15) is 0 Å². The van der Waals surface area contributed by atoms with Gasteiger partial charge < -0.3 is 5.32 Å². The van der Waals surface area contributed by atoms with Crippen LogP contribution in [0.15, 0.2) is 40.9 Å². The predicted octanol–water partition coefficient (Wildman–Crippen LogP) is 5.86. The van der Waals surface area contributed by atoms with Crippen LogP contribution in [0.2, 0.25) is 0 Å². The van der Waals surface area contributed by atoms with Crippen molar-refractivity contribution < 1.29 is 9.72 Å². The molecule has 0 fully saturated rings. The first kappa shape index (κ1) is 19.1. The average Bonchev–Trinajstić information content (AvgIpc) is 2.54. The molecule has 2 rings (SSSR count). The lowest BCUT2D eigenvalue weighted by Crippen LogP contribution is -2.16. The Morgan fingerprint density at radius 2 is 1.64 bits per heavy atom. The second kappa shape index (κ2) is 7.78. The number of anilines is 1. The Hall–Kier alpha value is -2.21. The van der Waals surface area contributed by atoms with Crippen LogP contribution in [0.1, 0.15) is 61.0 Å². The van der Waals surface area contributed by atoms with E-state index < -0.39 is 4.92 Å². The molecule has 0 bridgehead atoms. The molecule has 0 atom stereocenters. The summed E-state index contributed by atoms with van der Waals surface area (Å²) < 4.78 is 0.347. The highest BCUT2D eigenvalue weighted by atomic mass is 79.9. The summed E-state index contributed by atoms with van der Waals surface area (Å²) >= 11 is 3.13. The Balaban J connectivity index is 2.44. The first-order chi connectivity index (χ1) is 11.7. The molecule has 0 aromatic heterocycles.